The van der Waals surface area contributed by atoms with Gasteiger partial charge in [-0.1, -0.05) is 32.4 Å². The third kappa shape index (κ3) is 2.32. The SMILES string of the molecule is CCC(C)(C)C(=O)c1cc2c(cc1Cl)OCCO2. The van der Waals surface area contributed by atoms with E-state index in [4.69, 9.17) is 21.1 Å². The maximum atomic E-state index is 12.4. The first-order chi connectivity index (χ1) is 8.45. The molecule has 0 N–H and O–H groups in total. The minimum Gasteiger partial charge on any atom is -0.486 e. The molecule has 0 radical (unpaired) electrons. The third-order valence-corrected chi connectivity index (χ3v) is 3.69. The molecular weight excluding hydrogens is 252 g/mol. The highest BCUT2D eigenvalue weighted by Gasteiger charge is 2.29. The Morgan fingerprint density at radius 2 is 1.83 bits per heavy atom. The summed E-state index contributed by atoms with van der Waals surface area (Å²) in [5.74, 6) is 1.24. The van der Waals surface area contributed by atoms with Crippen LogP contribution in [0.1, 0.15) is 37.6 Å². The molecule has 4 heteroatoms. The molecule has 98 valence electrons. The van der Waals surface area contributed by atoms with Crippen molar-refractivity contribution in [1.29, 1.82) is 0 Å². The topological polar surface area (TPSA) is 35.5 Å². The number of halogens is 1. The molecule has 0 amide bonds. The van der Waals surface area contributed by atoms with Gasteiger partial charge in [0.05, 0.1) is 5.02 Å². The third-order valence-electron chi connectivity index (χ3n) is 3.38. The number of rotatable bonds is 3. The molecule has 2 rings (SSSR count). The van der Waals surface area contributed by atoms with Crippen LogP contribution in [0.25, 0.3) is 0 Å². The van der Waals surface area contributed by atoms with E-state index in [1.807, 2.05) is 20.8 Å². The minimum atomic E-state index is -0.423. The molecule has 0 atom stereocenters. The monoisotopic (exact) mass is 268 g/mol. The van der Waals surface area contributed by atoms with Crippen molar-refractivity contribution in [2.45, 2.75) is 27.2 Å². The summed E-state index contributed by atoms with van der Waals surface area (Å²) in [6, 6.07) is 3.35. The first-order valence-electron chi connectivity index (χ1n) is 6.09. The van der Waals surface area contributed by atoms with Crippen molar-refractivity contribution in [3.63, 3.8) is 0 Å². The van der Waals surface area contributed by atoms with Crippen LogP contribution in [0.4, 0.5) is 0 Å². The average molecular weight is 269 g/mol. The highest BCUT2D eigenvalue weighted by molar-refractivity contribution is 6.34. The number of hydrogen-bond donors (Lipinski definition) is 0. The predicted octanol–water partition coefficient (Wildman–Crippen LogP) is 3.73. The van der Waals surface area contributed by atoms with Crippen molar-refractivity contribution in [3.05, 3.63) is 22.7 Å². The molecule has 1 aromatic carbocycles. The Morgan fingerprint density at radius 3 is 2.39 bits per heavy atom. The van der Waals surface area contributed by atoms with Gasteiger partial charge in [-0.15, -0.1) is 0 Å². The van der Waals surface area contributed by atoms with Crippen LogP contribution < -0.4 is 9.47 Å². The lowest BCUT2D eigenvalue weighted by atomic mass is 9.82. The van der Waals surface area contributed by atoms with Gasteiger partial charge in [-0.25, -0.2) is 0 Å². The number of fused-ring (bicyclic) bond motifs is 1. The second kappa shape index (κ2) is 4.81. The van der Waals surface area contributed by atoms with Crippen molar-refractivity contribution in [2.24, 2.45) is 5.41 Å². The quantitative estimate of drug-likeness (QED) is 0.784. The molecule has 0 fully saturated rings. The Morgan fingerprint density at radius 1 is 1.28 bits per heavy atom. The normalized spacial score (nSPS) is 14.4. The van der Waals surface area contributed by atoms with Crippen molar-refractivity contribution >= 4 is 17.4 Å². The molecule has 0 bridgehead atoms. The van der Waals surface area contributed by atoms with Crippen molar-refractivity contribution in [3.8, 4) is 11.5 Å². The lowest BCUT2D eigenvalue weighted by Crippen LogP contribution is -2.24. The van der Waals surface area contributed by atoms with E-state index in [0.29, 0.717) is 35.3 Å². The van der Waals surface area contributed by atoms with Gasteiger partial charge in [-0.3, -0.25) is 4.79 Å². The molecule has 0 aromatic heterocycles. The molecule has 1 heterocycles. The molecule has 1 aliphatic heterocycles. The van der Waals surface area contributed by atoms with Gasteiger partial charge in [0.15, 0.2) is 17.3 Å². The van der Waals surface area contributed by atoms with Crippen LogP contribution in [0.2, 0.25) is 5.02 Å². The molecule has 0 saturated heterocycles. The average Bonchev–Trinajstić information content (AvgIpc) is 2.37. The Labute approximate surface area is 112 Å². The van der Waals surface area contributed by atoms with Gasteiger partial charge in [0, 0.05) is 17.0 Å². The van der Waals surface area contributed by atoms with Crippen molar-refractivity contribution in [1.82, 2.24) is 0 Å². The minimum absolute atomic E-state index is 0.0342. The highest BCUT2D eigenvalue weighted by atomic mass is 35.5. The van der Waals surface area contributed by atoms with Crippen LogP contribution in [0.5, 0.6) is 11.5 Å². The number of carbonyl (C=O) groups excluding carboxylic acids is 1. The standard InChI is InChI=1S/C14H17ClO3/c1-4-14(2,3)13(16)9-7-11-12(8-10(9)15)18-6-5-17-11/h7-8H,4-6H2,1-3H3. The van der Waals surface area contributed by atoms with E-state index in [1.54, 1.807) is 12.1 Å². The lowest BCUT2D eigenvalue weighted by Gasteiger charge is -2.24. The zero-order chi connectivity index (χ0) is 13.3. The number of ketones is 1. The lowest BCUT2D eigenvalue weighted by molar-refractivity contribution is 0.0832. The predicted molar refractivity (Wildman–Crippen MR) is 70.8 cm³/mol. The second-order valence-corrected chi connectivity index (χ2v) is 5.45. The van der Waals surface area contributed by atoms with E-state index in [1.165, 1.54) is 0 Å². The fraction of sp³-hybridized carbons (Fsp3) is 0.500. The van der Waals surface area contributed by atoms with E-state index >= 15 is 0 Å². The number of ether oxygens (including phenoxy) is 2. The summed E-state index contributed by atoms with van der Waals surface area (Å²) in [4.78, 5) is 12.4. The first-order valence-corrected chi connectivity index (χ1v) is 6.47. The molecule has 1 aromatic rings. The maximum absolute atomic E-state index is 12.4. The van der Waals surface area contributed by atoms with Crippen LogP contribution in [0.3, 0.4) is 0 Å². The van der Waals surface area contributed by atoms with Gasteiger partial charge in [-0.2, -0.15) is 0 Å². The molecule has 0 saturated carbocycles. The Hall–Kier alpha value is -1.22. The maximum Gasteiger partial charge on any atom is 0.170 e. The van der Waals surface area contributed by atoms with Gasteiger partial charge in [0.2, 0.25) is 0 Å². The van der Waals surface area contributed by atoms with Crippen LogP contribution in [0, 0.1) is 5.41 Å². The first kappa shape index (κ1) is 13.2. The van der Waals surface area contributed by atoms with Crippen molar-refractivity contribution in [2.75, 3.05) is 13.2 Å². The van der Waals surface area contributed by atoms with Gasteiger partial charge in [-0.05, 0) is 12.5 Å². The number of hydrogen-bond acceptors (Lipinski definition) is 3. The van der Waals surface area contributed by atoms with Gasteiger partial charge in [0.1, 0.15) is 13.2 Å². The molecular formula is C14H17ClO3. The van der Waals surface area contributed by atoms with Gasteiger partial charge >= 0.3 is 0 Å². The largest absolute Gasteiger partial charge is 0.486 e. The highest BCUT2D eigenvalue weighted by Crippen LogP contribution is 2.38. The number of benzene rings is 1. The van der Waals surface area contributed by atoms with Crippen molar-refractivity contribution < 1.29 is 14.3 Å². The summed E-state index contributed by atoms with van der Waals surface area (Å²) in [7, 11) is 0. The molecule has 0 unspecified atom stereocenters. The van der Waals surface area contributed by atoms with E-state index in [0.717, 1.165) is 6.42 Å². The Balaban J connectivity index is 2.43. The Kier molecular flexibility index (Phi) is 3.53. The number of Topliss-reactive ketones (excluding diaryl/α,β-unsaturated/α-hetero) is 1. The summed E-state index contributed by atoms with van der Waals surface area (Å²) in [6.07, 6.45) is 0.761. The van der Waals surface area contributed by atoms with E-state index in [9.17, 15) is 4.79 Å². The summed E-state index contributed by atoms with van der Waals surface area (Å²) >= 11 is 6.16. The molecule has 18 heavy (non-hydrogen) atoms. The summed E-state index contributed by atoms with van der Waals surface area (Å²) in [5.41, 5.74) is 0.0840. The molecule has 1 aliphatic rings. The smallest absolute Gasteiger partial charge is 0.170 e. The summed E-state index contributed by atoms with van der Waals surface area (Å²) in [5, 5.41) is 0.422. The molecule has 3 nitrogen and oxygen atoms in total. The van der Waals surface area contributed by atoms with Crippen LogP contribution in [-0.4, -0.2) is 19.0 Å². The van der Waals surface area contributed by atoms with Crippen LogP contribution >= 0.6 is 11.6 Å². The van der Waals surface area contributed by atoms with E-state index < -0.39 is 5.41 Å². The molecule has 0 aliphatic carbocycles. The fourth-order valence-electron chi connectivity index (χ4n) is 1.76. The van der Waals surface area contributed by atoms with Crippen LogP contribution in [0.15, 0.2) is 12.1 Å². The summed E-state index contributed by atoms with van der Waals surface area (Å²) < 4.78 is 10.9. The van der Waals surface area contributed by atoms with E-state index in [-0.39, 0.29) is 5.78 Å². The van der Waals surface area contributed by atoms with Gasteiger partial charge in [0.25, 0.3) is 0 Å². The van der Waals surface area contributed by atoms with Crippen LogP contribution in [-0.2, 0) is 0 Å². The second-order valence-electron chi connectivity index (χ2n) is 5.04. The summed E-state index contributed by atoms with van der Waals surface area (Å²) in [6.45, 7) is 6.84. The fourth-order valence-corrected chi connectivity index (χ4v) is 2.00. The Bertz CT molecular complexity index is 480. The zero-order valence-corrected chi connectivity index (χ0v) is 11.6. The van der Waals surface area contributed by atoms with E-state index in [2.05, 4.69) is 0 Å². The zero-order valence-electron chi connectivity index (χ0n) is 10.9. The van der Waals surface area contributed by atoms with Gasteiger partial charge < -0.3 is 9.47 Å². The number of carbonyl (C=O) groups is 1. The molecule has 0 spiro atoms.